The third-order valence-electron chi connectivity index (χ3n) is 4.16. The van der Waals surface area contributed by atoms with Crippen molar-refractivity contribution >= 4 is 21.6 Å². The van der Waals surface area contributed by atoms with Gasteiger partial charge in [-0.15, -0.1) is 0 Å². The molecule has 8 heteroatoms. The highest BCUT2D eigenvalue weighted by Crippen LogP contribution is 2.19. The molecule has 0 aliphatic carbocycles. The van der Waals surface area contributed by atoms with E-state index >= 15 is 0 Å². The van der Waals surface area contributed by atoms with E-state index in [4.69, 9.17) is 0 Å². The molecular formula is C21H18F2N2O3S. The van der Waals surface area contributed by atoms with Gasteiger partial charge in [0, 0.05) is 0 Å². The Hall–Kier alpha value is -3.10. The molecular weight excluding hydrogens is 398 g/mol. The van der Waals surface area contributed by atoms with Gasteiger partial charge in [-0.2, -0.15) is 4.72 Å². The van der Waals surface area contributed by atoms with Crippen molar-refractivity contribution in [3.63, 3.8) is 0 Å². The monoisotopic (exact) mass is 416 g/mol. The van der Waals surface area contributed by atoms with Crippen LogP contribution < -0.4 is 10.0 Å². The SMILES string of the molecule is O=C(Nc1c(F)cccc1F)[C@H](Cc1ccccc1)NS(=O)(=O)c1ccccc1. The Morgan fingerprint density at radius 2 is 1.38 bits per heavy atom. The molecule has 29 heavy (non-hydrogen) atoms. The zero-order valence-corrected chi connectivity index (χ0v) is 16.0. The number of sulfonamides is 1. The van der Waals surface area contributed by atoms with E-state index in [1.807, 2.05) is 0 Å². The lowest BCUT2D eigenvalue weighted by molar-refractivity contribution is -0.117. The number of amides is 1. The topological polar surface area (TPSA) is 75.3 Å². The molecule has 0 unspecified atom stereocenters. The predicted octanol–water partition coefficient (Wildman–Crippen LogP) is 3.49. The molecule has 2 N–H and O–H groups in total. The molecule has 1 atom stereocenters. The quantitative estimate of drug-likeness (QED) is 0.619. The fourth-order valence-electron chi connectivity index (χ4n) is 2.72. The highest BCUT2D eigenvalue weighted by Gasteiger charge is 2.27. The minimum absolute atomic E-state index is 0.00515. The van der Waals surface area contributed by atoms with E-state index in [0.717, 1.165) is 12.1 Å². The number of carbonyl (C=O) groups is 1. The number of nitrogens with one attached hydrogen (secondary N) is 2. The Morgan fingerprint density at radius 1 is 0.828 bits per heavy atom. The first-order valence-corrected chi connectivity index (χ1v) is 10.2. The van der Waals surface area contributed by atoms with Crippen molar-refractivity contribution in [1.29, 1.82) is 0 Å². The van der Waals surface area contributed by atoms with Crippen LogP contribution >= 0.6 is 0 Å². The van der Waals surface area contributed by atoms with E-state index in [9.17, 15) is 22.0 Å². The Kier molecular flexibility index (Phi) is 6.36. The van der Waals surface area contributed by atoms with Gasteiger partial charge in [-0.1, -0.05) is 54.6 Å². The summed E-state index contributed by atoms with van der Waals surface area (Å²) in [5.74, 6) is -2.79. The maximum Gasteiger partial charge on any atom is 0.243 e. The summed E-state index contributed by atoms with van der Waals surface area (Å²) >= 11 is 0. The highest BCUT2D eigenvalue weighted by atomic mass is 32.2. The van der Waals surface area contributed by atoms with Gasteiger partial charge < -0.3 is 5.32 Å². The zero-order valence-electron chi connectivity index (χ0n) is 15.2. The standard InChI is InChI=1S/C21H18F2N2O3S/c22-17-12-7-13-18(23)20(17)24-21(26)19(14-15-8-3-1-4-9-15)25-29(27,28)16-10-5-2-6-11-16/h1-13,19,25H,14H2,(H,24,26)/t19-/m0/s1. The molecule has 0 spiro atoms. The lowest BCUT2D eigenvalue weighted by Gasteiger charge is -2.19. The van der Waals surface area contributed by atoms with E-state index in [0.29, 0.717) is 5.56 Å². The largest absolute Gasteiger partial charge is 0.320 e. The summed E-state index contributed by atoms with van der Waals surface area (Å²) in [5, 5.41) is 2.16. The van der Waals surface area contributed by atoms with E-state index in [1.165, 1.54) is 18.2 Å². The molecule has 5 nitrogen and oxygen atoms in total. The maximum absolute atomic E-state index is 13.9. The van der Waals surface area contributed by atoms with Crippen molar-refractivity contribution in [2.24, 2.45) is 0 Å². The number of hydrogen-bond acceptors (Lipinski definition) is 3. The second-order valence-corrected chi connectivity index (χ2v) is 7.98. The number of carbonyl (C=O) groups excluding carboxylic acids is 1. The first-order chi connectivity index (χ1) is 13.9. The molecule has 3 aromatic carbocycles. The molecule has 0 aromatic heterocycles. The number of halogens is 2. The molecule has 0 aliphatic rings. The molecule has 3 rings (SSSR count). The third-order valence-corrected chi connectivity index (χ3v) is 5.65. The first kappa shape index (κ1) is 20.6. The van der Waals surface area contributed by atoms with Crippen molar-refractivity contribution in [3.05, 3.63) is 96.1 Å². The van der Waals surface area contributed by atoms with Gasteiger partial charge in [0.1, 0.15) is 23.4 Å². The van der Waals surface area contributed by atoms with Crippen LogP contribution in [-0.4, -0.2) is 20.4 Å². The number of para-hydroxylation sites is 1. The van der Waals surface area contributed by atoms with E-state index in [1.54, 1.807) is 48.5 Å². The fraction of sp³-hybridized carbons (Fsp3) is 0.0952. The molecule has 0 aliphatic heterocycles. The van der Waals surface area contributed by atoms with Gasteiger partial charge in [-0.25, -0.2) is 17.2 Å². The van der Waals surface area contributed by atoms with Crippen LogP contribution in [0.5, 0.6) is 0 Å². The van der Waals surface area contributed by atoms with Gasteiger partial charge in [-0.3, -0.25) is 4.79 Å². The summed E-state index contributed by atoms with van der Waals surface area (Å²) in [6.45, 7) is 0. The Labute approximate surface area is 167 Å². The van der Waals surface area contributed by atoms with Gasteiger partial charge >= 0.3 is 0 Å². The average Bonchev–Trinajstić information content (AvgIpc) is 2.71. The first-order valence-electron chi connectivity index (χ1n) is 8.73. The van der Waals surface area contributed by atoms with Crippen molar-refractivity contribution in [3.8, 4) is 0 Å². The van der Waals surface area contributed by atoms with Crippen molar-refractivity contribution in [2.75, 3.05) is 5.32 Å². The van der Waals surface area contributed by atoms with Crippen molar-refractivity contribution < 1.29 is 22.0 Å². The Balaban J connectivity index is 1.89. The predicted molar refractivity (Wildman–Crippen MR) is 106 cm³/mol. The minimum atomic E-state index is -4.04. The van der Waals surface area contributed by atoms with Crippen LogP contribution in [0.4, 0.5) is 14.5 Å². The second-order valence-electron chi connectivity index (χ2n) is 6.26. The van der Waals surface area contributed by atoms with Gasteiger partial charge in [0.15, 0.2) is 0 Å². The molecule has 1 amide bonds. The van der Waals surface area contributed by atoms with E-state index < -0.39 is 39.3 Å². The second kappa shape index (κ2) is 8.93. The molecule has 0 bridgehead atoms. The molecule has 0 saturated carbocycles. The third kappa shape index (κ3) is 5.24. The number of anilines is 1. The summed E-state index contributed by atoms with van der Waals surface area (Å²) in [6.07, 6.45) is -0.00515. The fourth-order valence-corrected chi connectivity index (χ4v) is 3.94. The van der Waals surface area contributed by atoms with Crippen molar-refractivity contribution in [1.82, 2.24) is 4.72 Å². The average molecular weight is 416 g/mol. The zero-order chi connectivity index (χ0) is 20.9. The summed E-state index contributed by atoms with van der Waals surface area (Å²) < 4.78 is 55.5. The van der Waals surface area contributed by atoms with Crippen LogP contribution in [-0.2, 0) is 21.2 Å². The van der Waals surface area contributed by atoms with Crippen LogP contribution in [0.3, 0.4) is 0 Å². The van der Waals surface area contributed by atoms with Crippen LogP contribution in [0.15, 0.2) is 83.8 Å². The summed E-state index contributed by atoms with van der Waals surface area (Å²) in [4.78, 5) is 12.7. The van der Waals surface area contributed by atoms with E-state index in [-0.39, 0.29) is 11.3 Å². The Morgan fingerprint density at radius 3 is 1.97 bits per heavy atom. The molecule has 0 fully saturated rings. The summed E-state index contributed by atoms with van der Waals surface area (Å²) in [7, 11) is -4.04. The molecule has 3 aromatic rings. The molecule has 150 valence electrons. The van der Waals surface area contributed by atoms with E-state index in [2.05, 4.69) is 10.0 Å². The van der Waals surface area contributed by atoms with Gasteiger partial charge in [0.2, 0.25) is 15.9 Å². The Bertz CT molecular complexity index is 1070. The molecule has 0 radical (unpaired) electrons. The lowest BCUT2D eigenvalue weighted by Crippen LogP contribution is -2.45. The summed E-state index contributed by atoms with van der Waals surface area (Å²) in [6, 6.07) is 18.1. The minimum Gasteiger partial charge on any atom is -0.320 e. The van der Waals surface area contributed by atoms with Crippen LogP contribution in [0.1, 0.15) is 5.56 Å². The molecule has 0 saturated heterocycles. The highest BCUT2D eigenvalue weighted by molar-refractivity contribution is 7.89. The molecule has 0 heterocycles. The summed E-state index contributed by atoms with van der Waals surface area (Å²) in [5.41, 5.74) is 0.0480. The number of rotatable bonds is 7. The van der Waals surface area contributed by atoms with Gasteiger partial charge in [0.25, 0.3) is 0 Å². The lowest BCUT2D eigenvalue weighted by atomic mass is 10.1. The van der Waals surface area contributed by atoms with Crippen LogP contribution in [0.2, 0.25) is 0 Å². The van der Waals surface area contributed by atoms with Crippen molar-refractivity contribution in [2.45, 2.75) is 17.4 Å². The van der Waals surface area contributed by atoms with Gasteiger partial charge in [-0.05, 0) is 36.2 Å². The number of hydrogen-bond donors (Lipinski definition) is 2. The van der Waals surface area contributed by atoms with Crippen LogP contribution in [0, 0.1) is 11.6 Å². The maximum atomic E-state index is 13.9. The van der Waals surface area contributed by atoms with Gasteiger partial charge in [0.05, 0.1) is 4.90 Å². The normalized spacial score (nSPS) is 12.3. The number of benzene rings is 3. The van der Waals surface area contributed by atoms with Crippen LogP contribution in [0.25, 0.3) is 0 Å². The smallest absolute Gasteiger partial charge is 0.243 e.